The number of nitrogens with zero attached hydrogens (tertiary/aromatic N) is 1. The summed E-state index contributed by atoms with van der Waals surface area (Å²) in [5.41, 5.74) is 1.18. The molecule has 0 fully saturated rings. The minimum Gasteiger partial charge on any atom is -0.494 e. The van der Waals surface area contributed by atoms with E-state index in [1.165, 1.54) is 29.2 Å². The van der Waals surface area contributed by atoms with E-state index >= 15 is 0 Å². The van der Waals surface area contributed by atoms with Crippen molar-refractivity contribution in [3.8, 4) is 5.75 Å². The molecule has 2 heterocycles. The Hall–Kier alpha value is -4.00. The molecule has 5 rings (SSSR count). The molecule has 0 N–H and O–H groups in total. The highest BCUT2D eigenvalue weighted by Gasteiger charge is 2.42. The van der Waals surface area contributed by atoms with Crippen molar-refractivity contribution in [3.05, 3.63) is 111 Å². The van der Waals surface area contributed by atoms with E-state index in [0.29, 0.717) is 29.4 Å². The van der Waals surface area contributed by atoms with Crippen LogP contribution in [-0.4, -0.2) is 17.4 Å². The van der Waals surface area contributed by atoms with Crippen LogP contribution < -0.4 is 10.2 Å². The fraction of sp³-hybridized carbons (Fsp3) is 0.241. The van der Waals surface area contributed by atoms with Crippen LogP contribution in [0.25, 0.3) is 11.0 Å². The van der Waals surface area contributed by atoms with Crippen LogP contribution in [0.4, 0.5) is 8.78 Å². The van der Waals surface area contributed by atoms with Crippen LogP contribution in [0.5, 0.6) is 5.75 Å². The van der Waals surface area contributed by atoms with Crippen LogP contribution in [0.15, 0.2) is 75.9 Å². The first kappa shape index (κ1) is 23.7. The molecule has 36 heavy (non-hydrogen) atoms. The van der Waals surface area contributed by atoms with Gasteiger partial charge in [0.2, 0.25) is 5.76 Å². The molecule has 0 saturated carbocycles. The molecular weight excluding hydrogens is 464 g/mol. The Bertz CT molecular complexity index is 1490. The maximum absolute atomic E-state index is 14.0. The molecule has 3 aromatic carbocycles. The Morgan fingerprint density at radius 1 is 0.972 bits per heavy atom. The van der Waals surface area contributed by atoms with Gasteiger partial charge in [-0.15, -0.1) is 0 Å². The van der Waals surface area contributed by atoms with Gasteiger partial charge in [-0.1, -0.05) is 38.1 Å². The predicted molar refractivity (Wildman–Crippen MR) is 132 cm³/mol. The number of hydrogen-bond donors (Lipinski definition) is 0. The third kappa shape index (κ3) is 4.49. The van der Waals surface area contributed by atoms with Crippen molar-refractivity contribution in [1.29, 1.82) is 0 Å². The smallest absolute Gasteiger partial charge is 0.291 e. The second-order valence-electron chi connectivity index (χ2n) is 9.38. The van der Waals surface area contributed by atoms with Crippen molar-refractivity contribution in [2.24, 2.45) is 5.92 Å². The van der Waals surface area contributed by atoms with Crippen LogP contribution in [0.3, 0.4) is 0 Å². The maximum Gasteiger partial charge on any atom is 0.291 e. The molecule has 7 heteroatoms. The fourth-order valence-electron chi connectivity index (χ4n) is 4.48. The van der Waals surface area contributed by atoms with Gasteiger partial charge in [-0.2, -0.15) is 0 Å². The lowest BCUT2D eigenvalue weighted by Crippen LogP contribution is -2.29. The van der Waals surface area contributed by atoms with Gasteiger partial charge in [-0.25, -0.2) is 8.78 Å². The van der Waals surface area contributed by atoms with E-state index in [1.54, 1.807) is 24.3 Å². The van der Waals surface area contributed by atoms with Crippen molar-refractivity contribution >= 4 is 16.9 Å². The van der Waals surface area contributed by atoms with Gasteiger partial charge in [0.05, 0.1) is 23.6 Å². The van der Waals surface area contributed by atoms with Crippen molar-refractivity contribution < 1.29 is 22.7 Å². The first-order valence-electron chi connectivity index (χ1n) is 11.9. The van der Waals surface area contributed by atoms with Crippen molar-refractivity contribution in [2.75, 3.05) is 6.61 Å². The molecule has 1 aromatic heterocycles. The van der Waals surface area contributed by atoms with E-state index in [1.807, 2.05) is 12.1 Å². The summed E-state index contributed by atoms with van der Waals surface area (Å²) < 4.78 is 39.3. The van der Waals surface area contributed by atoms with E-state index < -0.39 is 23.2 Å². The second kappa shape index (κ2) is 9.57. The molecule has 1 amide bonds. The van der Waals surface area contributed by atoms with Crippen molar-refractivity contribution in [3.63, 3.8) is 0 Å². The SMILES string of the molecule is CC(C)CCOc1cccc(C2c3c(oc4ccc(F)cc4c3=O)C(=O)N2Cc2ccc(F)cc2)c1. The summed E-state index contributed by atoms with van der Waals surface area (Å²) >= 11 is 0. The number of carbonyl (C=O) groups excluding carboxylic acids is 1. The van der Waals surface area contributed by atoms with Gasteiger partial charge in [-0.3, -0.25) is 9.59 Å². The first-order valence-corrected chi connectivity index (χ1v) is 11.9. The maximum atomic E-state index is 14.0. The number of rotatable bonds is 7. The highest BCUT2D eigenvalue weighted by atomic mass is 19.1. The first-order chi connectivity index (χ1) is 17.3. The third-order valence-electron chi connectivity index (χ3n) is 6.33. The molecule has 4 aromatic rings. The van der Waals surface area contributed by atoms with Crippen LogP contribution in [0.2, 0.25) is 0 Å². The topological polar surface area (TPSA) is 59.8 Å². The Balaban J connectivity index is 1.62. The number of halogens is 2. The van der Waals surface area contributed by atoms with Gasteiger partial charge < -0.3 is 14.1 Å². The van der Waals surface area contributed by atoms with Crippen LogP contribution in [-0.2, 0) is 6.54 Å². The third-order valence-corrected chi connectivity index (χ3v) is 6.33. The lowest BCUT2D eigenvalue weighted by Gasteiger charge is -2.25. The Kier molecular flexibility index (Phi) is 6.31. The van der Waals surface area contributed by atoms with Gasteiger partial charge in [-0.05, 0) is 65.9 Å². The summed E-state index contributed by atoms with van der Waals surface area (Å²) in [4.78, 5) is 28.7. The highest BCUT2D eigenvalue weighted by Crippen LogP contribution is 2.40. The summed E-state index contributed by atoms with van der Waals surface area (Å²) in [6.45, 7) is 4.88. The van der Waals surface area contributed by atoms with E-state index in [2.05, 4.69) is 13.8 Å². The fourth-order valence-corrected chi connectivity index (χ4v) is 4.48. The molecule has 1 unspecified atom stereocenters. The normalized spacial score (nSPS) is 15.1. The lowest BCUT2D eigenvalue weighted by atomic mass is 9.98. The summed E-state index contributed by atoms with van der Waals surface area (Å²) in [5, 5.41) is 0.0690. The number of ether oxygens (including phenoxy) is 1. The van der Waals surface area contributed by atoms with Crippen molar-refractivity contribution in [1.82, 2.24) is 4.90 Å². The van der Waals surface area contributed by atoms with Crippen LogP contribution >= 0.6 is 0 Å². The Labute approximate surface area is 206 Å². The zero-order chi connectivity index (χ0) is 25.4. The van der Waals surface area contributed by atoms with E-state index in [0.717, 1.165) is 12.5 Å². The molecule has 0 spiro atoms. The van der Waals surface area contributed by atoms with Crippen LogP contribution in [0, 0.1) is 17.6 Å². The molecule has 1 atom stereocenters. The van der Waals surface area contributed by atoms with Gasteiger partial charge in [0.25, 0.3) is 5.91 Å². The molecule has 0 saturated heterocycles. The van der Waals surface area contributed by atoms with Crippen molar-refractivity contribution in [2.45, 2.75) is 32.9 Å². The minimum absolute atomic E-state index is 0.0690. The second-order valence-corrected chi connectivity index (χ2v) is 9.38. The summed E-state index contributed by atoms with van der Waals surface area (Å²) in [5.74, 6) is -0.391. The zero-order valence-electron chi connectivity index (χ0n) is 20.0. The van der Waals surface area contributed by atoms with Crippen LogP contribution in [0.1, 0.15) is 53.6 Å². The van der Waals surface area contributed by atoms with E-state index in [9.17, 15) is 18.4 Å². The average Bonchev–Trinajstić information content (AvgIpc) is 3.13. The average molecular weight is 490 g/mol. The summed E-state index contributed by atoms with van der Waals surface area (Å²) in [6, 6.07) is 15.9. The molecule has 0 radical (unpaired) electrons. The molecule has 1 aliphatic rings. The summed E-state index contributed by atoms with van der Waals surface area (Å²) in [6.07, 6.45) is 0.882. The quantitative estimate of drug-likeness (QED) is 0.308. The molecule has 184 valence electrons. The number of hydrogen-bond acceptors (Lipinski definition) is 4. The number of benzene rings is 3. The van der Waals surface area contributed by atoms with E-state index in [-0.39, 0.29) is 34.7 Å². The Morgan fingerprint density at radius 3 is 2.47 bits per heavy atom. The number of fused-ring (bicyclic) bond motifs is 2. The largest absolute Gasteiger partial charge is 0.494 e. The standard InChI is InChI=1S/C29H25F2NO4/c1-17(2)12-13-35-22-5-3-4-19(14-22)26-25-27(33)23-15-21(31)10-11-24(23)36-28(25)29(34)32(26)16-18-6-8-20(30)9-7-18/h3-11,14-15,17,26H,12-13,16H2,1-2H3. The summed E-state index contributed by atoms with van der Waals surface area (Å²) in [7, 11) is 0. The predicted octanol–water partition coefficient (Wildman–Crippen LogP) is 6.24. The lowest BCUT2D eigenvalue weighted by molar-refractivity contribution is 0.0714. The molecular formula is C29H25F2NO4. The molecule has 1 aliphatic heterocycles. The molecule has 5 nitrogen and oxygen atoms in total. The minimum atomic E-state index is -0.782. The zero-order valence-corrected chi connectivity index (χ0v) is 20.0. The Morgan fingerprint density at radius 2 is 1.72 bits per heavy atom. The van der Waals surface area contributed by atoms with E-state index in [4.69, 9.17) is 9.15 Å². The number of carbonyl (C=O) groups is 1. The molecule has 0 aliphatic carbocycles. The van der Waals surface area contributed by atoms with Gasteiger partial charge in [0.15, 0.2) is 5.43 Å². The monoisotopic (exact) mass is 489 g/mol. The number of amides is 1. The van der Waals surface area contributed by atoms with Gasteiger partial charge >= 0.3 is 0 Å². The van der Waals surface area contributed by atoms with Gasteiger partial charge in [0.1, 0.15) is 23.0 Å². The highest BCUT2D eigenvalue weighted by molar-refractivity contribution is 5.99. The van der Waals surface area contributed by atoms with Gasteiger partial charge in [0, 0.05) is 6.54 Å². The molecule has 0 bridgehead atoms.